The van der Waals surface area contributed by atoms with Crippen LogP contribution in [0.5, 0.6) is 11.5 Å². The molecule has 0 radical (unpaired) electrons. The molecule has 1 unspecified atom stereocenters. The van der Waals surface area contributed by atoms with Gasteiger partial charge < -0.3 is 15.5 Å². The summed E-state index contributed by atoms with van der Waals surface area (Å²) in [5, 5.41) is 22.0. The van der Waals surface area contributed by atoms with Crippen molar-refractivity contribution in [1.82, 2.24) is 5.32 Å². The van der Waals surface area contributed by atoms with Crippen LogP contribution in [0.4, 0.5) is 0 Å². The van der Waals surface area contributed by atoms with E-state index in [0.29, 0.717) is 5.41 Å². The minimum absolute atomic E-state index is 0.0426. The van der Waals surface area contributed by atoms with Crippen molar-refractivity contribution in [3.8, 4) is 11.5 Å². The second-order valence-electron chi connectivity index (χ2n) is 5.05. The maximum absolute atomic E-state index is 9.41. The highest BCUT2D eigenvalue weighted by molar-refractivity contribution is 5.41. The first-order chi connectivity index (χ1) is 6.98. The first-order valence-electron chi connectivity index (χ1n) is 5.23. The van der Waals surface area contributed by atoms with E-state index >= 15 is 0 Å². The highest BCUT2D eigenvalue weighted by Crippen LogP contribution is 2.37. The van der Waals surface area contributed by atoms with E-state index in [1.165, 1.54) is 6.07 Å². The summed E-state index contributed by atoms with van der Waals surface area (Å²) in [4.78, 5) is 0. The number of rotatable bonds is 1. The van der Waals surface area contributed by atoms with Crippen LogP contribution in [0.1, 0.15) is 31.9 Å². The molecule has 1 atom stereocenters. The van der Waals surface area contributed by atoms with Crippen LogP contribution < -0.4 is 5.32 Å². The zero-order valence-corrected chi connectivity index (χ0v) is 9.12. The van der Waals surface area contributed by atoms with Crippen LogP contribution in [-0.2, 0) is 0 Å². The summed E-state index contributed by atoms with van der Waals surface area (Å²) in [5.41, 5.74) is 1.34. The molecule has 1 saturated heterocycles. The van der Waals surface area contributed by atoms with E-state index in [2.05, 4.69) is 19.2 Å². The summed E-state index contributed by atoms with van der Waals surface area (Å²) in [7, 11) is 0. The van der Waals surface area contributed by atoms with Crippen LogP contribution >= 0.6 is 0 Å². The van der Waals surface area contributed by atoms with Gasteiger partial charge in [0.05, 0.1) is 0 Å². The molecule has 1 fully saturated rings. The zero-order chi connectivity index (χ0) is 11.1. The SMILES string of the molecule is CC1(C)CNC(c2ccc(O)c(O)c2)C1. The third-order valence-corrected chi connectivity index (χ3v) is 2.99. The smallest absolute Gasteiger partial charge is 0.157 e. The lowest BCUT2D eigenvalue weighted by Crippen LogP contribution is -2.16. The van der Waals surface area contributed by atoms with Crippen molar-refractivity contribution >= 4 is 0 Å². The number of hydrogen-bond donors (Lipinski definition) is 3. The van der Waals surface area contributed by atoms with Gasteiger partial charge in [-0.15, -0.1) is 0 Å². The molecule has 1 aliphatic heterocycles. The minimum Gasteiger partial charge on any atom is -0.504 e. The molecule has 1 aromatic rings. The molecule has 0 aliphatic carbocycles. The van der Waals surface area contributed by atoms with E-state index < -0.39 is 0 Å². The number of aromatic hydroxyl groups is 2. The van der Waals surface area contributed by atoms with Gasteiger partial charge in [0.15, 0.2) is 11.5 Å². The Labute approximate surface area is 89.8 Å². The van der Waals surface area contributed by atoms with E-state index in [0.717, 1.165) is 18.5 Å². The van der Waals surface area contributed by atoms with Gasteiger partial charge in [0.25, 0.3) is 0 Å². The van der Waals surface area contributed by atoms with Crippen molar-refractivity contribution in [3.63, 3.8) is 0 Å². The Balaban J connectivity index is 2.21. The molecular weight excluding hydrogens is 190 g/mol. The van der Waals surface area contributed by atoms with Crippen molar-refractivity contribution < 1.29 is 10.2 Å². The normalized spacial score (nSPS) is 24.3. The van der Waals surface area contributed by atoms with Crippen LogP contribution in [0.15, 0.2) is 18.2 Å². The standard InChI is InChI=1S/C12H17NO2/c1-12(2)6-9(13-7-12)8-3-4-10(14)11(15)5-8/h3-5,9,13-15H,6-7H2,1-2H3. The van der Waals surface area contributed by atoms with Crippen molar-refractivity contribution in [2.75, 3.05) is 6.54 Å². The molecule has 3 N–H and O–H groups in total. The van der Waals surface area contributed by atoms with Gasteiger partial charge in [0.2, 0.25) is 0 Å². The first-order valence-corrected chi connectivity index (χ1v) is 5.23. The van der Waals surface area contributed by atoms with E-state index in [1.54, 1.807) is 6.07 Å². The lowest BCUT2D eigenvalue weighted by Gasteiger charge is -2.15. The second kappa shape index (κ2) is 3.42. The lowest BCUT2D eigenvalue weighted by molar-refractivity contribution is 0.397. The van der Waals surface area contributed by atoms with E-state index in [-0.39, 0.29) is 17.5 Å². The molecule has 3 heteroatoms. The molecule has 15 heavy (non-hydrogen) atoms. The van der Waals surface area contributed by atoms with Crippen molar-refractivity contribution in [2.45, 2.75) is 26.3 Å². The van der Waals surface area contributed by atoms with Crippen molar-refractivity contribution in [1.29, 1.82) is 0 Å². The van der Waals surface area contributed by atoms with Crippen LogP contribution in [0.2, 0.25) is 0 Å². The fourth-order valence-corrected chi connectivity index (χ4v) is 2.09. The molecule has 0 spiro atoms. The average Bonchev–Trinajstić information content (AvgIpc) is 2.51. The van der Waals surface area contributed by atoms with E-state index in [1.807, 2.05) is 6.07 Å². The first kappa shape index (κ1) is 10.3. The van der Waals surface area contributed by atoms with Gasteiger partial charge in [-0.3, -0.25) is 0 Å². The number of benzene rings is 1. The minimum atomic E-state index is -0.0593. The molecule has 3 nitrogen and oxygen atoms in total. The molecule has 82 valence electrons. The maximum atomic E-state index is 9.41. The average molecular weight is 207 g/mol. The van der Waals surface area contributed by atoms with Gasteiger partial charge in [-0.2, -0.15) is 0 Å². The Morgan fingerprint density at radius 1 is 1.27 bits per heavy atom. The third-order valence-electron chi connectivity index (χ3n) is 2.99. The third kappa shape index (κ3) is 2.07. The quantitative estimate of drug-likeness (QED) is 0.618. The molecule has 0 aromatic heterocycles. The largest absolute Gasteiger partial charge is 0.504 e. The fraction of sp³-hybridized carbons (Fsp3) is 0.500. The van der Waals surface area contributed by atoms with Gasteiger partial charge in [-0.1, -0.05) is 19.9 Å². The van der Waals surface area contributed by atoms with Crippen LogP contribution in [-0.4, -0.2) is 16.8 Å². The monoisotopic (exact) mass is 207 g/mol. The number of phenolic OH excluding ortho intramolecular Hbond substituents is 2. The topological polar surface area (TPSA) is 52.5 Å². The Bertz CT molecular complexity index is 374. The fourth-order valence-electron chi connectivity index (χ4n) is 2.09. The lowest BCUT2D eigenvalue weighted by atomic mass is 9.88. The molecule has 0 bridgehead atoms. The number of nitrogens with one attached hydrogen (secondary N) is 1. The predicted molar refractivity (Wildman–Crippen MR) is 58.9 cm³/mol. The maximum Gasteiger partial charge on any atom is 0.157 e. The van der Waals surface area contributed by atoms with Gasteiger partial charge >= 0.3 is 0 Å². The number of hydrogen-bond acceptors (Lipinski definition) is 3. The second-order valence-corrected chi connectivity index (χ2v) is 5.05. The molecule has 0 saturated carbocycles. The summed E-state index contributed by atoms with van der Waals surface area (Å²) >= 11 is 0. The van der Waals surface area contributed by atoms with Gasteiger partial charge in [0.1, 0.15) is 0 Å². The predicted octanol–water partition coefficient (Wildman–Crippen LogP) is 2.16. The van der Waals surface area contributed by atoms with E-state index in [9.17, 15) is 10.2 Å². The molecule has 1 aliphatic rings. The van der Waals surface area contributed by atoms with Crippen LogP contribution in [0.3, 0.4) is 0 Å². The van der Waals surface area contributed by atoms with Crippen LogP contribution in [0, 0.1) is 5.41 Å². The summed E-state index contributed by atoms with van der Waals surface area (Å²) in [6.45, 7) is 5.43. The number of phenols is 2. The molecule has 0 amide bonds. The highest BCUT2D eigenvalue weighted by atomic mass is 16.3. The summed E-state index contributed by atoms with van der Waals surface area (Å²) in [5.74, 6) is -0.102. The van der Waals surface area contributed by atoms with E-state index in [4.69, 9.17) is 0 Å². The molecule has 1 heterocycles. The Hall–Kier alpha value is -1.22. The molecule has 1 aromatic carbocycles. The van der Waals surface area contributed by atoms with Crippen molar-refractivity contribution in [3.05, 3.63) is 23.8 Å². The molecular formula is C12H17NO2. The van der Waals surface area contributed by atoms with Gasteiger partial charge in [-0.25, -0.2) is 0 Å². The van der Waals surface area contributed by atoms with Gasteiger partial charge in [-0.05, 0) is 29.5 Å². The van der Waals surface area contributed by atoms with Gasteiger partial charge in [0, 0.05) is 12.6 Å². The Morgan fingerprint density at radius 2 is 2.00 bits per heavy atom. The summed E-state index contributed by atoms with van der Waals surface area (Å²) in [6.07, 6.45) is 1.05. The van der Waals surface area contributed by atoms with Crippen molar-refractivity contribution in [2.24, 2.45) is 5.41 Å². The Morgan fingerprint density at radius 3 is 2.53 bits per heavy atom. The highest BCUT2D eigenvalue weighted by Gasteiger charge is 2.31. The molecule has 2 rings (SSSR count). The summed E-state index contributed by atoms with van der Waals surface area (Å²) < 4.78 is 0. The Kier molecular flexibility index (Phi) is 2.35. The summed E-state index contributed by atoms with van der Waals surface area (Å²) in [6, 6.07) is 5.31. The van der Waals surface area contributed by atoms with Crippen LogP contribution in [0.25, 0.3) is 0 Å². The zero-order valence-electron chi connectivity index (χ0n) is 9.12.